The molecule has 4 unspecified atom stereocenters. The summed E-state index contributed by atoms with van der Waals surface area (Å²) in [6, 6.07) is 0. The van der Waals surface area contributed by atoms with E-state index in [1.54, 1.807) is 0 Å². The van der Waals surface area contributed by atoms with Gasteiger partial charge in [-0.15, -0.1) is 0 Å². The third-order valence-electron chi connectivity index (χ3n) is 10.9. The molecular formula is C42H81O20P3S. The third kappa shape index (κ3) is 32.1. The number of esters is 2. The maximum atomic E-state index is 13.1. The molecule has 8 atom stereocenters. The summed E-state index contributed by atoms with van der Waals surface area (Å²) in [4.78, 5) is 85.0. The van der Waals surface area contributed by atoms with Crippen molar-refractivity contribution in [3.8, 4) is 0 Å². The minimum atomic E-state index is -5.56. The van der Waals surface area contributed by atoms with E-state index in [0.29, 0.717) is 19.3 Å². The van der Waals surface area contributed by atoms with Gasteiger partial charge in [0.15, 0.2) is 5.12 Å². The Labute approximate surface area is 395 Å². The molecule has 66 heavy (non-hydrogen) atoms. The van der Waals surface area contributed by atoms with E-state index in [4.69, 9.17) is 18.5 Å². The molecule has 1 aliphatic carbocycles. The average molecular weight is 1030 g/mol. The van der Waals surface area contributed by atoms with Crippen LogP contribution in [0.15, 0.2) is 0 Å². The molecule has 1 saturated carbocycles. The Kier molecular flexibility index (Phi) is 34.6. The lowest BCUT2D eigenvalue weighted by atomic mass is 9.85. The normalized spacial score (nSPS) is 21.6. The molecule has 1 rings (SSSR count). The van der Waals surface area contributed by atoms with Gasteiger partial charge in [-0.05, 0) is 25.7 Å². The van der Waals surface area contributed by atoms with Gasteiger partial charge in [0.25, 0.3) is 0 Å². The lowest BCUT2D eigenvalue weighted by Gasteiger charge is -2.44. The number of ether oxygens (including phenoxy) is 2. The number of unbranched alkanes of at least 4 members (excludes halogenated alkanes) is 21. The lowest BCUT2D eigenvalue weighted by Crippen LogP contribution is -2.65. The van der Waals surface area contributed by atoms with E-state index in [-0.39, 0.29) is 18.1 Å². The van der Waals surface area contributed by atoms with Crippen LogP contribution in [0.3, 0.4) is 0 Å². The van der Waals surface area contributed by atoms with Crippen LogP contribution in [-0.2, 0) is 55.6 Å². The molecule has 20 nitrogen and oxygen atoms in total. The Hall–Kier alpha value is -0.830. The van der Waals surface area contributed by atoms with Gasteiger partial charge in [0, 0.05) is 18.6 Å². The standard InChI is InChI=1S/C42H81O20P3S/c1-3-5-6-7-8-9-10-11-12-15-18-21-24-28-34(43)59-33(31-35(44)57-29-25-22-19-16-13-14-17-20-23-26-30-66-36(45)27-4-2)32-58-65(55,56)62-42-38(47)40(60-63(49,50)51)37(46)41(39(42)48)61-64(52,53)54/h33,37-42,46-48H,3-32H2,1-2H3,(H,55,56)(H2,49,50,51)(H2,52,53,54)/t33-,37?,38+,39?,40+,41-,42?/m1/s1. The molecule has 0 heterocycles. The summed E-state index contributed by atoms with van der Waals surface area (Å²) in [5, 5.41) is 32.1. The second-order valence-electron chi connectivity index (χ2n) is 17.0. The summed E-state index contributed by atoms with van der Waals surface area (Å²) in [7, 11) is -16.6. The van der Waals surface area contributed by atoms with E-state index in [1.165, 1.54) is 56.7 Å². The zero-order valence-electron chi connectivity index (χ0n) is 39.0. The fourth-order valence-electron chi connectivity index (χ4n) is 7.40. The minimum Gasteiger partial charge on any atom is -0.466 e. The van der Waals surface area contributed by atoms with Gasteiger partial charge in [-0.1, -0.05) is 154 Å². The summed E-state index contributed by atoms with van der Waals surface area (Å²) in [5.74, 6) is -0.656. The van der Waals surface area contributed by atoms with Gasteiger partial charge in [0.1, 0.15) is 42.7 Å². The van der Waals surface area contributed by atoms with Crippen LogP contribution in [0.2, 0.25) is 0 Å². The Balaban J connectivity index is 2.73. The molecule has 0 aliphatic heterocycles. The van der Waals surface area contributed by atoms with Crippen LogP contribution in [0.5, 0.6) is 0 Å². The fourth-order valence-corrected chi connectivity index (χ4v) is 10.4. The zero-order chi connectivity index (χ0) is 49.4. The Morgan fingerprint density at radius 1 is 0.515 bits per heavy atom. The summed E-state index contributed by atoms with van der Waals surface area (Å²) < 4.78 is 65.5. The van der Waals surface area contributed by atoms with Crippen LogP contribution in [-0.4, -0.2) is 119 Å². The summed E-state index contributed by atoms with van der Waals surface area (Å²) in [6.45, 7) is 3.30. The Bertz CT molecular complexity index is 1430. The second-order valence-corrected chi connectivity index (χ2v) is 21.9. The number of phosphoric acid groups is 3. The third-order valence-corrected chi connectivity index (χ3v) is 14.0. The van der Waals surface area contributed by atoms with Crippen molar-refractivity contribution in [1.82, 2.24) is 0 Å². The van der Waals surface area contributed by atoms with E-state index < -0.39 is 91.2 Å². The van der Waals surface area contributed by atoms with Gasteiger partial charge in [-0.3, -0.25) is 32.5 Å². The number of aliphatic hydroxyl groups excluding tert-OH is 3. The number of thioether (sulfide) groups is 1. The van der Waals surface area contributed by atoms with Crippen molar-refractivity contribution in [2.75, 3.05) is 19.0 Å². The molecule has 1 fully saturated rings. The SMILES string of the molecule is CCCCCCCCCCCCCCCC(=O)O[C@@H](COP(=O)(O)OC1C(O)[C@H](OP(=O)(O)O)C(O)[C@H](OP(=O)(O)O)[C@@H]1O)CC(=O)OCCCCCCCCCCCCSC(=O)CCC. The molecule has 8 N–H and O–H groups in total. The molecule has 390 valence electrons. The van der Waals surface area contributed by atoms with Crippen molar-refractivity contribution in [2.24, 2.45) is 0 Å². The molecule has 0 saturated heterocycles. The quantitative estimate of drug-likeness (QED) is 0.0164. The van der Waals surface area contributed by atoms with Gasteiger partial charge >= 0.3 is 35.4 Å². The van der Waals surface area contributed by atoms with Gasteiger partial charge in [0.2, 0.25) is 0 Å². The summed E-state index contributed by atoms with van der Waals surface area (Å²) in [6.07, 6.45) is 8.51. The van der Waals surface area contributed by atoms with Gasteiger partial charge in [-0.2, -0.15) is 0 Å². The largest absolute Gasteiger partial charge is 0.472 e. The predicted molar refractivity (Wildman–Crippen MR) is 247 cm³/mol. The number of rotatable bonds is 41. The number of aliphatic hydroxyl groups is 3. The van der Waals surface area contributed by atoms with Crippen molar-refractivity contribution < 1.29 is 95.4 Å². The maximum absolute atomic E-state index is 13.1. The molecule has 0 aromatic heterocycles. The van der Waals surface area contributed by atoms with Crippen molar-refractivity contribution >= 4 is 52.3 Å². The molecule has 24 heteroatoms. The van der Waals surface area contributed by atoms with E-state index >= 15 is 0 Å². The first kappa shape index (κ1) is 63.2. The molecular weight excluding hydrogens is 949 g/mol. The topological polar surface area (TPSA) is 320 Å². The number of hydrogen-bond acceptors (Lipinski definition) is 16. The van der Waals surface area contributed by atoms with E-state index in [9.17, 15) is 67.9 Å². The highest BCUT2D eigenvalue weighted by Crippen LogP contribution is 2.51. The number of hydrogen-bond donors (Lipinski definition) is 8. The molecule has 0 aromatic rings. The van der Waals surface area contributed by atoms with E-state index in [2.05, 4.69) is 16.0 Å². The van der Waals surface area contributed by atoms with Crippen LogP contribution in [0.1, 0.15) is 187 Å². The van der Waals surface area contributed by atoms with Crippen LogP contribution >= 0.6 is 35.2 Å². The first-order chi connectivity index (χ1) is 31.2. The highest BCUT2D eigenvalue weighted by molar-refractivity contribution is 8.13. The predicted octanol–water partition coefficient (Wildman–Crippen LogP) is 7.83. The van der Waals surface area contributed by atoms with E-state index in [0.717, 1.165) is 102 Å². The summed E-state index contributed by atoms with van der Waals surface area (Å²) >= 11 is 1.43. The minimum absolute atomic E-state index is 0.0260. The van der Waals surface area contributed by atoms with Crippen molar-refractivity contribution in [3.05, 3.63) is 0 Å². The molecule has 0 radical (unpaired) electrons. The van der Waals surface area contributed by atoms with Crippen molar-refractivity contribution in [3.63, 3.8) is 0 Å². The monoisotopic (exact) mass is 1030 g/mol. The molecule has 0 bridgehead atoms. The van der Waals surface area contributed by atoms with Crippen molar-refractivity contribution in [1.29, 1.82) is 0 Å². The smallest absolute Gasteiger partial charge is 0.466 e. The molecule has 0 aromatic carbocycles. The second kappa shape index (κ2) is 36.1. The number of phosphoric ester groups is 3. The van der Waals surface area contributed by atoms with Crippen molar-refractivity contribution in [2.45, 2.75) is 230 Å². The molecule has 1 aliphatic rings. The highest BCUT2D eigenvalue weighted by Gasteiger charge is 2.56. The first-order valence-electron chi connectivity index (χ1n) is 23.9. The Morgan fingerprint density at radius 2 is 0.924 bits per heavy atom. The molecule has 0 spiro atoms. The number of carbonyl (C=O) groups is 3. The fraction of sp³-hybridized carbons (Fsp3) is 0.929. The highest BCUT2D eigenvalue weighted by atomic mass is 32.2. The Morgan fingerprint density at radius 3 is 1.36 bits per heavy atom. The average Bonchev–Trinajstić information content (AvgIpc) is 3.23. The number of carbonyl (C=O) groups excluding carboxylic acids is 3. The zero-order valence-corrected chi connectivity index (χ0v) is 42.5. The van der Waals surface area contributed by atoms with E-state index in [1.807, 2.05) is 6.92 Å². The molecule has 0 amide bonds. The first-order valence-corrected chi connectivity index (χ1v) is 29.4. The van der Waals surface area contributed by atoms with Crippen LogP contribution < -0.4 is 0 Å². The van der Waals surface area contributed by atoms with Crippen LogP contribution in [0, 0.1) is 0 Å². The van der Waals surface area contributed by atoms with Crippen LogP contribution in [0.25, 0.3) is 0 Å². The van der Waals surface area contributed by atoms with Gasteiger partial charge in [-0.25, -0.2) is 13.7 Å². The summed E-state index contributed by atoms with van der Waals surface area (Å²) in [5.41, 5.74) is 0. The lowest BCUT2D eigenvalue weighted by molar-refractivity contribution is -0.213. The van der Waals surface area contributed by atoms with Gasteiger partial charge in [0.05, 0.1) is 19.6 Å². The maximum Gasteiger partial charge on any atom is 0.472 e. The van der Waals surface area contributed by atoms with Crippen LogP contribution in [0.4, 0.5) is 0 Å². The van der Waals surface area contributed by atoms with Gasteiger partial charge < -0.3 is 49.3 Å².